The first-order valence-corrected chi connectivity index (χ1v) is 7.29. The summed E-state index contributed by atoms with van der Waals surface area (Å²) < 4.78 is 35.7. The van der Waals surface area contributed by atoms with E-state index in [1.807, 2.05) is 4.90 Å². The molecule has 0 spiro atoms. The molecular weight excluding hydrogens is 267 g/mol. The summed E-state index contributed by atoms with van der Waals surface area (Å²) in [7, 11) is -2.94. The number of nitrogens with zero attached hydrogens (tertiary/aromatic N) is 1. The van der Waals surface area contributed by atoms with Crippen molar-refractivity contribution in [2.75, 3.05) is 35.2 Å². The average molecular weight is 279 g/mol. The standard InChI is InChI=1S/C10H12ClFN2O2S/c11-7-5-10(9(13)6-8(7)12)14-1-3-17(15,16)4-2-14/h5-6H,1-4,13H2. The lowest BCUT2D eigenvalue weighted by atomic mass is 10.2. The van der Waals surface area contributed by atoms with Crippen molar-refractivity contribution >= 4 is 32.8 Å². The molecule has 0 aromatic heterocycles. The number of nitrogens with two attached hydrogens (primary N) is 1. The molecule has 4 nitrogen and oxygen atoms in total. The van der Waals surface area contributed by atoms with Crippen molar-refractivity contribution in [2.45, 2.75) is 0 Å². The summed E-state index contributed by atoms with van der Waals surface area (Å²) >= 11 is 5.69. The molecule has 1 saturated heterocycles. The molecule has 1 aromatic rings. The Balaban J connectivity index is 2.27. The minimum atomic E-state index is -2.94. The van der Waals surface area contributed by atoms with Gasteiger partial charge in [-0.25, -0.2) is 12.8 Å². The van der Waals surface area contributed by atoms with Gasteiger partial charge in [-0.3, -0.25) is 0 Å². The fraction of sp³-hybridized carbons (Fsp3) is 0.400. The second-order valence-corrected chi connectivity index (χ2v) is 6.67. The van der Waals surface area contributed by atoms with Crippen LogP contribution in [0.25, 0.3) is 0 Å². The van der Waals surface area contributed by atoms with Crippen LogP contribution < -0.4 is 10.6 Å². The van der Waals surface area contributed by atoms with Crippen LogP contribution in [0.4, 0.5) is 15.8 Å². The number of anilines is 2. The maximum atomic E-state index is 13.1. The molecule has 0 bridgehead atoms. The molecule has 1 aliphatic heterocycles. The molecule has 94 valence electrons. The van der Waals surface area contributed by atoms with Crippen LogP contribution >= 0.6 is 11.6 Å². The van der Waals surface area contributed by atoms with Crippen LogP contribution in [0.1, 0.15) is 0 Å². The molecule has 0 unspecified atom stereocenters. The van der Waals surface area contributed by atoms with Crippen molar-refractivity contribution in [2.24, 2.45) is 0 Å². The van der Waals surface area contributed by atoms with Gasteiger partial charge in [0.15, 0.2) is 9.84 Å². The number of halogens is 2. The van der Waals surface area contributed by atoms with Crippen molar-refractivity contribution in [1.82, 2.24) is 0 Å². The summed E-state index contributed by atoms with van der Waals surface area (Å²) in [5.41, 5.74) is 6.56. The molecule has 1 aromatic carbocycles. The van der Waals surface area contributed by atoms with Gasteiger partial charge >= 0.3 is 0 Å². The number of benzene rings is 1. The molecule has 0 amide bonds. The topological polar surface area (TPSA) is 63.4 Å². The highest BCUT2D eigenvalue weighted by atomic mass is 35.5. The van der Waals surface area contributed by atoms with Crippen LogP contribution in [0.15, 0.2) is 12.1 Å². The first kappa shape index (κ1) is 12.4. The third kappa shape index (κ3) is 2.63. The SMILES string of the molecule is Nc1cc(F)c(Cl)cc1N1CCS(=O)(=O)CC1. The summed E-state index contributed by atoms with van der Waals surface area (Å²) in [5, 5.41) is -0.0115. The van der Waals surface area contributed by atoms with Gasteiger partial charge in [0, 0.05) is 19.2 Å². The maximum absolute atomic E-state index is 13.1. The molecule has 7 heteroatoms. The van der Waals surface area contributed by atoms with Crippen LogP contribution in [0, 0.1) is 5.82 Å². The molecular formula is C10H12ClFN2O2S. The van der Waals surface area contributed by atoms with Gasteiger partial charge in [0.25, 0.3) is 0 Å². The quantitative estimate of drug-likeness (QED) is 0.787. The van der Waals surface area contributed by atoms with E-state index in [2.05, 4.69) is 0 Å². The highest BCUT2D eigenvalue weighted by Gasteiger charge is 2.23. The van der Waals surface area contributed by atoms with Gasteiger partial charge < -0.3 is 10.6 Å². The zero-order valence-corrected chi connectivity index (χ0v) is 10.6. The molecule has 0 saturated carbocycles. The van der Waals surface area contributed by atoms with E-state index in [0.717, 1.165) is 6.07 Å². The summed E-state index contributed by atoms with van der Waals surface area (Å²) in [5.74, 6) is -0.402. The van der Waals surface area contributed by atoms with E-state index in [0.29, 0.717) is 18.8 Å². The lowest BCUT2D eigenvalue weighted by Gasteiger charge is -2.29. The number of nitrogen functional groups attached to an aromatic ring is 1. The van der Waals surface area contributed by atoms with Crippen LogP contribution in [-0.2, 0) is 9.84 Å². The Bertz CT molecular complexity index is 533. The van der Waals surface area contributed by atoms with Gasteiger partial charge in [-0.2, -0.15) is 0 Å². The summed E-state index contributed by atoms with van der Waals surface area (Å²) in [6, 6.07) is 2.59. The average Bonchev–Trinajstić information content (AvgIpc) is 2.24. The zero-order chi connectivity index (χ0) is 12.6. The van der Waals surface area contributed by atoms with E-state index >= 15 is 0 Å². The molecule has 2 rings (SSSR count). The lowest BCUT2D eigenvalue weighted by molar-refractivity contribution is 0.586. The molecule has 2 N–H and O–H groups in total. The van der Waals surface area contributed by atoms with E-state index in [1.165, 1.54) is 6.07 Å². The third-order valence-corrected chi connectivity index (χ3v) is 4.65. The minimum absolute atomic E-state index is 0.0115. The predicted octanol–water partition coefficient (Wildman–Crippen LogP) is 1.30. The van der Waals surface area contributed by atoms with Gasteiger partial charge in [0.05, 0.1) is 27.9 Å². The fourth-order valence-corrected chi connectivity index (χ4v) is 3.14. The zero-order valence-electron chi connectivity index (χ0n) is 8.99. The van der Waals surface area contributed by atoms with Crippen molar-refractivity contribution in [1.29, 1.82) is 0 Å². The van der Waals surface area contributed by atoms with Crippen LogP contribution in [0.3, 0.4) is 0 Å². The fourth-order valence-electron chi connectivity index (χ4n) is 1.78. The molecule has 1 heterocycles. The molecule has 0 atom stereocenters. The summed E-state index contributed by atoms with van der Waals surface area (Å²) in [6.45, 7) is 0.711. The highest BCUT2D eigenvalue weighted by Crippen LogP contribution is 2.30. The Kier molecular flexibility index (Phi) is 3.18. The van der Waals surface area contributed by atoms with Crippen molar-refractivity contribution < 1.29 is 12.8 Å². The normalized spacial score (nSPS) is 19.3. The first-order chi connectivity index (χ1) is 7.89. The number of rotatable bonds is 1. The van der Waals surface area contributed by atoms with E-state index in [1.54, 1.807) is 0 Å². The molecule has 1 aliphatic rings. The van der Waals surface area contributed by atoms with Crippen LogP contribution in [0.5, 0.6) is 0 Å². The summed E-state index contributed by atoms with van der Waals surface area (Å²) in [4.78, 5) is 1.81. The van der Waals surface area contributed by atoms with Crippen molar-refractivity contribution in [3.05, 3.63) is 23.0 Å². The van der Waals surface area contributed by atoms with Gasteiger partial charge in [-0.15, -0.1) is 0 Å². The van der Waals surface area contributed by atoms with Gasteiger partial charge in [-0.1, -0.05) is 11.6 Å². The molecule has 0 aliphatic carbocycles. The summed E-state index contributed by atoms with van der Waals surface area (Å²) in [6.07, 6.45) is 0. The Morgan fingerprint density at radius 1 is 1.29 bits per heavy atom. The largest absolute Gasteiger partial charge is 0.397 e. The monoisotopic (exact) mass is 278 g/mol. The van der Waals surface area contributed by atoms with Gasteiger partial charge in [0.1, 0.15) is 5.82 Å². The smallest absolute Gasteiger partial charge is 0.153 e. The first-order valence-electron chi connectivity index (χ1n) is 5.09. The molecule has 0 radical (unpaired) electrons. The van der Waals surface area contributed by atoms with Gasteiger partial charge in [0.2, 0.25) is 0 Å². The Hall–Kier alpha value is -1.01. The number of hydrogen-bond acceptors (Lipinski definition) is 4. The second-order valence-electron chi connectivity index (χ2n) is 3.96. The van der Waals surface area contributed by atoms with E-state index in [9.17, 15) is 12.8 Å². The van der Waals surface area contributed by atoms with Crippen molar-refractivity contribution in [3.63, 3.8) is 0 Å². The minimum Gasteiger partial charge on any atom is -0.397 e. The van der Waals surface area contributed by atoms with Crippen LogP contribution in [-0.4, -0.2) is 33.0 Å². The lowest BCUT2D eigenvalue weighted by Crippen LogP contribution is -2.40. The Morgan fingerprint density at radius 3 is 2.47 bits per heavy atom. The maximum Gasteiger partial charge on any atom is 0.153 e. The van der Waals surface area contributed by atoms with Crippen LogP contribution in [0.2, 0.25) is 5.02 Å². The number of hydrogen-bond donors (Lipinski definition) is 1. The molecule has 17 heavy (non-hydrogen) atoms. The van der Waals surface area contributed by atoms with Crippen molar-refractivity contribution in [3.8, 4) is 0 Å². The highest BCUT2D eigenvalue weighted by molar-refractivity contribution is 7.91. The Labute approximate surface area is 104 Å². The number of sulfone groups is 1. The van der Waals surface area contributed by atoms with E-state index in [-0.39, 0.29) is 22.2 Å². The predicted molar refractivity (Wildman–Crippen MR) is 66.7 cm³/mol. The third-order valence-electron chi connectivity index (χ3n) is 2.75. The van der Waals surface area contributed by atoms with E-state index in [4.69, 9.17) is 17.3 Å². The second kappa shape index (κ2) is 4.34. The van der Waals surface area contributed by atoms with Gasteiger partial charge in [-0.05, 0) is 6.07 Å². The Morgan fingerprint density at radius 2 is 1.88 bits per heavy atom. The molecule has 1 fully saturated rings. The van der Waals surface area contributed by atoms with E-state index < -0.39 is 15.7 Å².